The molecule has 0 aliphatic carbocycles. The van der Waals surface area contributed by atoms with Gasteiger partial charge in [-0.1, -0.05) is 18.5 Å². The number of hydrogen-bond acceptors (Lipinski definition) is 3. The van der Waals surface area contributed by atoms with E-state index in [0.29, 0.717) is 19.0 Å². The lowest BCUT2D eigenvalue weighted by atomic mass is 10.5. The summed E-state index contributed by atoms with van der Waals surface area (Å²) in [7, 11) is 0. The molecule has 0 aromatic carbocycles. The molecule has 5 heteroatoms. The van der Waals surface area contributed by atoms with Crippen LogP contribution in [-0.4, -0.2) is 22.8 Å². The maximum absolute atomic E-state index is 11.5. The van der Waals surface area contributed by atoms with Crippen LogP contribution in [0.4, 0.5) is 0 Å². The summed E-state index contributed by atoms with van der Waals surface area (Å²) >= 11 is 5.65. The molecule has 0 unspecified atom stereocenters. The fraction of sp³-hybridized carbons (Fsp3) is 0.600. The van der Waals surface area contributed by atoms with Crippen LogP contribution in [0.3, 0.4) is 0 Å². The number of aryl methyl sites for hydroxylation is 1. The Balaban J connectivity index is 2.65. The van der Waals surface area contributed by atoms with Crippen molar-refractivity contribution < 1.29 is 4.74 Å². The molecule has 0 bridgehead atoms. The molecular formula is C10H15ClN2O2. The van der Waals surface area contributed by atoms with Gasteiger partial charge in [0.25, 0.3) is 5.56 Å². The van der Waals surface area contributed by atoms with Gasteiger partial charge in [-0.2, -0.15) is 0 Å². The monoisotopic (exact) mass is 230 g/mol. The van der Waals surface area contributed by atoms with Gasteiger partial charge in [0.1, 0.15) is 11.0 Å². The first-order valence-corrected chi connectivity index (χ1v) is 5.34. The lowest BCUT2D eigenvalue weighted by Crippen LogP contribution is -2.25. The maximum atomic E-state index is 11.5. The van der Waals surface area contributed by atoms with Crippen molar-refractivity contribution in [3.8, 4) is 0 Å². The number of hydrogen-bond donors (Lipinski definition) is 0. The van der Waals surface area contributed by atoms with Crippen LogP contribution in [0.1, 0.15) is 19.2 Å². The summed E-state index contributed by atoms with van der Waals surface area (Å²) in [4.78, 5) is 15.5. The van der Waals surface area contributed by atoms with Crippen LogP contribution in [-0.2, 0) is 11.3 Å². The molecule has 0 N–H and O–H groups in total. The highest BCUT2D eigenvalue weighted by Crippen LogP contribution is 2.00. The average Bonchev–Trinajstić information content (AvgIpc) is 2.15. The Labute approximate surface area is 93.8 Å². The van der Waals surface area contributed by atoms with E-state index in [1.165, 1.54) is 6.07 Å². The largest absolute Gasteiger partial charge is 0.380 e. The van der Waals surface area contributed by atoms with Crippen LogP contribution in [0.15, 0.2) is 10.9 Å². The predicted octanol–water partition coefficient (Wildman–Crippen LogP) is 1.63. The van der Waals surface area contributed by atoms with Gasteiger partial charge in [-0.05, 0) is 13.3 Å². The van der Waals surface area contributed by atoms with Crippen molar-refractivity contribution >= 4 is 11.6 Å². The molecule has 0 aliphatic rings. The van der Waals surface area contributed by atoms with Gasteiger partial charge < -0.3 is 4.74 Å². The number of nitrogens with zero attached hydrogens (tertiary/aromatic N) is 2. The molecular weight excluding hydrogens is 216 g/mol. The van der Waals surface area contributed by atoms with E-state index in [1.54, 1.807) is 11.5 Å². The van der Waals surface area contributed by atoms with Crippen molar-refractivity contribution in [3.63, 3.8) is 0 Å². The Morgan fingerprint density at radius 1 is 1.53 bits per heavy atom. The Morgan fingerprint density at radius 3 is 2.87 bits per heavy atom. The van der Waals surface area contributed by atoms with Gasteiger partial charge in [-0.15, -0.1) is 0 Å². The van der Waals surface area contributed by atoms with E-state index in [-0.39, 0.29) is 10.7 Å². The summed E-state index contributed by atoms with van der Waals surface area (Å²) in [6.07, 6.45) is 0.979. The summed E-state index contributed by atoms with van der Waals surface area (Å²) in [5, 5.41) is 0.239. The topological polar surface area (TPSA) is 44.1 Å². The zero-order chi connectivity index (χ0) is 11.3. The number of ether oxygens (including phenoxy) is 1. The van der Waals surface area contributed by atoms with Gasteiger partial charge in [0.15, 0.2) is 0 Å². The SMILES string of the molecule is CCCOCCn1c(C)nc(Cl)cc1=O. The van der Waals surface area contributed by atoms with E-state index < -0.39 is 0 Å². The normalized spacial score (nSPS) is 10.6. The minimum absolute atomic E-state index is 0.132. The molecule has 0 spiro atoms. The standard InChI is InChI=1S/C10H15ClN2O2/c1-3-5-15-6-4-13-8(2)12-9(11)7-10(13)14/h7H,3-6H2,1-2H3. The van der Waals surface area contributed by atoms with Gasteiger partial charge in [0.05, 0.1) is 13.2 Å². The van der Waals surface area contributed by atoms with Gasteiger partial charge in [-0.3, -0.25) is 9.36 Å². The van der Waals surface area contributed by atoms with Gasteiger partial charge in [0.2, 0.25) is 0 Å². The second-order valence-corrected chi connectivity index (χ2v) is 3.62. The van der Waals surface area contributed by atoms with Crippen molar-refractivity contribution in [2.45, 2.75) is 26.8 Å². The van der Waals surface area contributed by atoms with E-state index in [1.807, 2.05) is 6.92 Å². The highest BCUT2D eigenvalue weighted by Gasteiger charge is 2.02. The minimum Gasteiger partial charge on any atom is -0.380 e. The lowest BCUT2D eigenvalue weighted by molar-refractivity contribution is 0.125. The van der Waals surface area contributed by atoms with Crippen LogP contribution >= 0.6 is 11.6 Å². The summed E-state index contributed by atoms with van der Waals surface area (Å²) < 4.78 is 6.86. The van der Waals surface area contributed by atoms with E-state index in [0.717, 1.165) is 13.0 Å². The molecule has 0 radical (unpaired) electrons. The second kappa shape index (κ2) is 5.88. The number of aromatic nitrogens is 2. The fourth-order valence-corrected chi connectivity index (χ4v) is 1.48. The molecule has 0 amide bonds. The van der Waals surface area contributed by atoms with E-state index in [4.69, 9.17) is 16.3 Å². The number of halogens is 1. The summed E-state index contributed by atoms with van der Waals surface area (Å²) in [6, 6.07) is 1.31. The van der Waals surface area contributed by atoms with Gasteiger partial charge in [0, 0.05) is 12.7 Å². The molecule has 0 saturated carbocycles. The highest BCUT2D eigenvalue weighted by molar-refractivity contribution is 6.29. The Kier molecular flexibility index (Phi) is 4.78. The van der Waals surface area contributed by atoms with E-state index >= 15 is 0 Å². The molecule has 15 heavy (non-hydrogen) atoms. The van der Waals surface area contributed by atoms with Crippen molar-refractivity contribution in [2.75, 3.05) is 13.2 Å². The van der Waals surface area contributed by atoms with Crippen LogP contribution in [0.25, 0.3) is 0 Å². The van der Waals surface area contributed by atoms with Crippen molar-refractivity contribution in [1.82, 2.24) is 9.55 Å². The average molecular weight is 231 g/mol. The Hall–Kier alpha value is -0.870. The summed E-state index contributed by atoms with van der Waals surface area (Å²) in [5.74, 6) is 0.618. The van der Waals surface area contributed by atoms with Gasteiger partial charge >= 0.3 is 0 Å². The quantitative estimate of drug-likeness (QED) is 0.571. The van der Waals surface area contributed by atoms with Crippen molar-refractivity contribution in [2.24, 2.45) is 0 Å². The van der Waals surface area contributed by atoms with Crippen molar-refractivity contribution in [1.29, 1.82) is 0 Å². The maximum Gasteiger partial charge on any atom is 0.255 e. The van der Waals surface area contributed by atoms with Crippen LogP contribution in [0.5, 0.6) is 0 Å². The Bertz CT molecular complexity index is 376. The Morgan fingerprint density at radius 2 is 2.27 bits per heavy atom. The first kappa shape index (κ1) is 12.2. The van der Waals surface area contributed by atoms with Crippen LogP contribution in [0.2, 0.25) is 5.15 Å². The third-order valence-electron chi connectivity index (χ3n) is 1.98. The first-order valence-electron chi connectivity index (χ1n) is 4.97. The summed E-state index contributed by atoms with van der Waals surface area (Å²) in [5.41, 5.74) is -0.132. The van der Waals surface area contributed by atoms with E-state index in [2.05, 4.69) is 4.98 Å². The van der Waals surface area contributed by atoms with Crippen LogP contribution < -0.4 is 5.56 Å². The van der Waals surface area contributed by atoms with Crippen molar-refractivity contribution in [3.05, 3.63) is 27.4 Å². The smallest absolute Gasteiger partial charge is 0.255 e. The molecule has 4 nitrogen and oxygen atoms in total. The summed E-state index contributed by atoms with van der Waals surface area (Å²) in [6.45, 7) is 5.57. The zero-order valence-corrected chi connectivity index (χ0v) is 9.75. The number of rotatable bonds is 5. The third kappa shape index (κ3) is 3.64. The second-order valence-electron chi connectivity index (χ2n) is 3.23. The fourth-order valence-electron chi connectivity index (χ4n) is 1.26. The molecule has 0 atom stereocenters. The first-order chi connectivity index (χ1) is 7.15. The molecule has 0 saturated heterocycles. The molecule has 1 aromatic heterocycles. The van der Waals surface area contributed by atoms with Crippen LogP contribution in [0, 0.1) is 6.92 Å². The lowest BCUT2D eigenvalue weighted by Gasteiger charge is -2.08. The molecule has 0 fully saturated rings. The molecule has 1 heterocycles. The minimum atomic E-state index is -0.132. The highest BCUT2D eigenvalue weighted by atomic mass is 35.5. The van der Waals surface area contributed by atoms with E-state index in [9.17, 15) is 4.79 Å². The van der Waals surface area contributed by atoms with Gasteiger partial charge in [-0.25, -0.2) is 4.98 Å². The molecule has 1 aromatic rings. The molecule has 0 aliphatic heterocycles. The predicted molar refractivity (Wildman–Crippen MR) is 59.4 cm³/mol. The third-order valence-corrected chi connectivity index (χ3v) is 2.17. The zero-order valence-electron chi connectivity index (χ0n) is 8.99. The molecule has 1 rings (SSSR count). The molecule has 84 valence electrons.